The quantitative estimate of drug-likeness (QED) is 0.628. The number of benzene rings is 1. The fourth-order valence-electron chi connectivity index (χ4n) is 1.12. The third-order valence-corrected chi connectivity index (χ3v) is 1.78. The van der Waals surface area contributed by atoms with Crippen LogP contribution in [0.5, 0.6) is 5.75 Å². The smallest absolute Gasteiger partial charge is 0.338 e. The van der Waals surface area contributed by atoms with E-state index in [1.807, 2.05) is 0 Å². The summed E-state index contributed by atoms with van der Waals surface area (Å²) in [7, 11) is 0. The van der Waals surface area contributed by atoms with E-state index in [9.17, 15) is 19.3 Å². The monoisotopic (exact) mass is 229 g/mol. The van der Waals surface area contributed by atoms with Crippen molar-refractivity contribution in [1.82, 2.24) is 0 Å². The van der Waals surface area contributed by atoms with Crippen molar-refractivity contribution in [3.63, 3.8) is 0 Å². The Morgan fingerprint density at radius 1 is 1.62 bits per heavy atom. The van der Waals surface area contributed by atoms with Gasteiger partial charge in [0.15, 0.2) is 5.75 Å². The highest BCUT2D eigenvalue weighted by Gasteiger charge is 2.22. The minimum Gasteiger partial charge on any atom is -0.487 e. The summed E-state index contributed by atoms with van der Waals surface area (Å²) in [4.78, 5) is 20.3. The van der Waals surface area contributed by atoms with Gasteiger partial charge >= 0.3 is 11.7 Å². The predicted molar refractivity (Wildman–Crippen MR) is 51.2 cm³/mol. The minimum atomic E-state index is -1.57. The average Bonchev–Trinajstić information content (AvgIpc) is 2.17. The number of nitro groups is 1. The highest BCUT2D eigenvalue weighted by molar-refractivity contribution is 5.89. The third-order valence-electron chi connectivity index (χ3n) is 1.78. The van der Waals surface area contributed by atoms with E-state index in [0.29, 0.717) is 12.1 Å². The number of nitrogens with zero attached hydrogens (tertiary/aromatic N) is 1. The number of carboxylic acids is 1. The van der Waals surface area contributed by atoms with Crippen LogP contribution >= 0.6 is 0 Å². The van der Waals surface area contributed by atoms with Crippen molar-refractivity contribution in [3.8, 4) is 5.75 Å². The molecule has 1 aromatic carbocycles. The third kappa shape index (κ3) is 2.25. The normalized spacial score (nSPS) is 9.88. The Morgan fingerprint density at radius 2 is 2.25 bits per heavy atom. The van der Waals surface area contributed by atoms with Gasteiger partial charge in [0.2, 0.25) is 0 Å². The van der Waals surface area contributed by atoms with E-state index in [1.54, 1.807) is 6.92 Å². The second-order valence-electron chi connectivity index (χ2n) is 2.80. The molecule has 0 aromatic heterocycles. The number of aromatic carboxylic acids is 1. The Balaban J connectivity index is 3.36. The highest BCUT2D eigenvalue weighted by Crippen LogP contribution is 2.30. The van der Waals surface area contributed by atoms with Crippen LogP contribution in [0, 0.1) is 15.9 Å². The summed E-state index contributed by atoms with van der Waals surface area (Å²) < 4.78 is 18.0. The average molecular weight is 229 g/mol. The lowest BCUT2D eigenvalue weighted by molar-refractivity contribution is -0.385. The fourth-order valence-corrected chi connectivity index (χ4v) is 1.12. The molecule has 0 heterocycles. The summed E-state index contributed by atoms with van der Waals surface area (Å²) >= 11 is 0. The van der Waals surface area contributed by atoms with Gasteiger partial charge in [0.05, 0.1) is 11.5 Å². The van der Waals surface area contributed by atoms with Crippen LogP contribution in [0.3, 0.4) is 0 Å². The van der Waals surface area contributed by atoms with Crippen molar-refractivity contribution < 1.29 is 24.0 Å². The summed E-state index contributed by atoms with van der Waals surface area (Å²) in [5.41, 5.74) is -1.32. The molecule has 0 fully saturated rings. The number of ether oxygens (including phenoxy) is 1. The zero-order valence-corrected chi connectivity index (χ0v) is 8.27. The maximum Gasteiger partial charge on any atom is 0.338 e. The summed E-state index contributed by atoms with van der Waals surface area (Å²) in [5, 5.41) is 19.2. The van der Waals surface area contributed by atoms with E-state index in [2.05, 4.69) is 0 Å². The Labute approximate surface area is 89.4 Å². The molecule has 6 nitrogen and oxygen atoms in total. The van der Waals surface area contributed by atoms with Gasteiger partial charge in [-0.2, -0.15) is 0 Å². The molecule has 0 aliphatic rings. The van der Waals surface area contributed by atoms with Crippen molar-refractivity contribution >= 4 is 11.7 Å². The Morgan fingerprint density at radius 3 is 2.69 bits per heavy atom. The first kappa shape index (κ1) is 11.9. The SMILES string of the molecule is CCOc1cc(F)c(C(=O)O)cc1[N+](=O)[O-]. The second-order valence-corrected chi connectivity index (χ2v) is 2.80. The standard InChI is InChI=1S/C9H8FNO5/c1-2-16-8-4-6(10)5(9(12)13)3-7(8)11(14)15/h3-4H,2H2,1H3,(H,12,13). The van der Waals surface area contributed by atoms with E-state index < -0.39 is 28.0 Å². The topological polar surface area (TPSA) is 89.7 Å². The van der Waals surface area contributed by atoms with E-state index >= 15 is 0 Å². The van der Waals surface area contributed by atoms with Crippen LogP contribution in [0.4, 0.5) is 10.1 Å². The first-order chi connectivity index (χ1) is 7.47. The minimum absolute atomic E-state index is 0.118. The molecule has 0 amide bonds. The zero-order valence-electron chi connectivity index (χ0n) is 8.27. The number of halogens is 1. The van der Waals surface area contributed by atoms with E-state index in [4.69, 9.17) is 9.84 Å². The lowest BCUT2D eigenvalue weighted by Gasteiger charge is -2.05. The molecule has 0 spiro atoms. The number of hydrogen-bond acceptors (Lipinski definition) is 4. The molecule has 0 saturated heterocycles. The van der Waals surface area contributed by atoms with Crippen LogP contribution in [-0.4, -0.2) is 22.6 Å². The van der Waals surface area contributed by atoms with Crippen LogP contribution in [0.2, 0.25) is 0 Å². The van der Waals surface area contributed by atoms with Gasteiger partial charge in [0, 0.05) is 12.1 Å². The maximum atomic E-state index is 13.2. The van der Waals surface area contributed by atoms with Crippen LogP contribution in [0.1, 0.15) is 17.3 Å². The molecular formula is C9H8FNO5. The van der Waals surface area contributed by atoms with Gasteiger partial charge in [-0.25, -0.2) is 9.18 Å². The zero-order chi connectivity index (χ0) is 12.3. The highest BCUT2D eigenvalue weighted by atomic mass is 19.1. The Hall–Kier alpha value is -2.18. The number of carboxylic acid groups (broad SMARTS) is 1. The number of carbonyl (C=O) groups is 1. The lowest BCUT2D eigenvalue weighted by Crippen LogP contribution is -2.05. The molecule has 0 aliphatic heterocycles. The molecule has 0 aliphatic carbocycles. The predicted octanol–water partition coefficient (Wildman–Crippen LogP) is 1.83. The Kier molecular flexibility index (Phi) is 3.39. The van der Waals surface area contributed by atoms with Gasteiger partial charge < -0.3 is 9.84 Å². The Bertz CT molecular complexity index is 446. The van der Waals surface area contributed by atoms with Crippen LogP contribution in [0.25, 0.3) is 0 Å². The first-order valence-corrected chi connectivity index (χ1v) is 4.31. The van der Waals surface area contributed by atoms with E-state index in [0.717, 1.165) is 0 Å². The van der Waals surface area contributed by atoms with Crippen molar-refractivity contribution in [3.05, 3.63) is 33.6 Å². The molecule has 0 bridgehead atoms. The van der Waals surface area contributed by atoms with E-state index in [1.165, 1.54) is 0 Å². The molecule has 16 heavy (non-hydrogen) atoms. The molecule has 0 unspecified atom stereocenters. The molecule has 1 rings (SSSR count). The maximum absolute atomic E-state index is 13.2. The van der Waals surface area contributed by atoms with Gasteiger partial charge in [0.25, 0.3) is 0 Å². The fraction of sp³-hybridized carbons (Fsp3) is 0.222. The molecule has 1 N–H and O–H groups in total. The molecule has 0 atom stereocenters. The molecule has 86 valence electrons. The number of hydrogen-bond donors (Lipinski definition) is 1. The van der Waals surface area contributed by atoms with Gasteiger partial charge in [-0.15, -0.1) is 0 Å². The summed E-state index contributed by atoms with van der Waals surface area (Å²) in [5.74, 6) is -2.92. The lowest BCUT2D eigenvalue weighted by atomic mass is 10.1. The van der Waals surface area contributed by atoms with Gasteiger partial charge in [0.1, 0.15) is 11.4 Å². The number of rotatable bonds is 4. The van der Waals surface area contributed by atoms with Crippen LogP contribution in [0.15, 0.2) is 12.1 Å². The molecule has 1 aromatic rings. The molecular weight excluding hydrogens is 221 g/mol. The van der Waals surface area contributed by atoms with Crippen LogP contribution in [-0.2, 0) is 0 Å². The first-order valence-electron chi connectivity index (χ1n) is 4.31. The molecule has 0 radical (unpaired) electrons. The molecule has 0 saturated carbocycles. The van der Waals surface area contributed by atoms with Crippen molar-refractivity contribution in [2.24, 2.45) is 0 Å². The van der Waals surface area contributed by atoms with Crippen LogP contribution < -0.4 is 4.74 Å². The summed E-state index contributed by atoms with van der Waals surface area (Å²) in [6.07, 6.45) is 0. The van der Waals surface area contributed by atoms with Gasteiger partial charge in [-0.1, -0.05) is 0 Å². The van der Waals surface area contributed by atoms with Crippen molar-refractivity contribution in [2.45, 2.75) is 6.92 Å². The summed E-state index contributed by atoms with van der Waals surface area (Å²) in [6, 6.07) is 1.34. The largest absolute Gasteiger partial charge is 0.487 e. The molecule has 7 heteroatoms. The van der Waals surface area contributed by atoms with Gasteiger partial charge in [-0.05, 0) is 6.92 Å². The van der Waals surface area contributed by atoms with Gasteiger partial charge in [-0.3, -0.25) is 10.1 Å². The van der Waals surface area contributed by atoms with E-state index in [-0.39, 0.29) is 12.4 Å². The van der Waals surface area contributed by atoms with Crippen molar-refractivity contribution in [2.75, 3.05) is 6.61 Å². The van der Waals surface area contributed by atoms with Crippen molar-refractivity contribution in [1.29, 1.82) is 0 Å². The number of nitro benzene ring substituents is 1. The second kappa shape index (κ2) is 4.56. The summed E-state index contributed by atoms with van der Waals surface area (Å²) in [6.45, 7) is 1.69.